The zero-order valence-electron chi connectivity index (χ0n) is 19.4. The van der Waals surface area contributed by atoms with Gasteiger partial charge in [-0.25, -0.2) is 0 Å². The maximum Gasteiger partial charge on any atom is 0.312 e. The average Bonchev–Trinajstić information content (AvgIpc) is 2.90. The predicted molar refractivity (Wildman–Crippen MR) is 134 cm³/mol. The van der Waals surface area contributed by atoms with Crippen LogP contribution in [0.3, 0.4) is 0 Å². The number of benzene rings is 3. The summed E-state index contributed by atoms with van der Waals surface area (Å²) in [5.74, 6) is -2.78. The molecule has 0 amide bonds. The molecule has 1 unspecified atom stereocenters. The van der Waals surface area contributed by atoms with Gasteiger partial charge in [-0.3, -0.25) is 14.4 Å². The van der Waals surface area contributed by atoms with Crippen LogP contribution in [0, 0.1) is 0 Å². The van der Waals surface area contributed by atoms with Crippen molar-refractivity contribution in [2.24, 2.45) is 0 Å². The molecule has 0 aliphatic carbocycles. The van der Waals surface area contributed by atoms with E-state index in [0.717, 1.165) is 0 Å². The predicted octanol–water partition coefficient (Wildman–Crippen LogP) is 4.16. The van der Waals surface area contributed by atoms with E-state index in [4.69, 9.17) is 13.9 Å². The summed E-state index contributed by atoms with van der Waals surface area (Å²) < 4.78 is 16.6. The lowest BCUT2D eigenvalue weighted by molar-refractivity contribution is -0.135. The van der Waals surface area contributed by atoms with E-state index in [1.807, 2.05) is 6.07 Å². The fraction of sp³-hybridized carbons (Fsp3) is 0.107. The Morgan fingerprint density at radius 1 is 0.973 bits per heavy atom. The van der Waals surface area contributed by atoms with Crippen LogP contribution in [0.5, 0.6) is 23.0 Å². The van der Waals surface area contributed by atoms with Crippen molar-refractivity contribution < 1.29 is 28.9 Å². The number of aromatic amines is 1. The maximum atomic E-state index is 13.2. The number of hydrogen-bond donors (Lipinski definition) is 3. The van der Waals surface area contributed by atoms with Gasteiger partial charge in [-0.1, -0.05) is 30.3 Å². The largest absolute Gasteiger partial charge is 0.504 e. The van der Waals surface area contributed by atoms with E-state index in [1.54, 1.807) is 48.5 Å². The van der Waals surface area contributed by atoms with Gasteiger partial charge in [-0.2, -0.15) is 0 Å². The van der Waals surface area contributed by atoms with E-state index in [0.29, 0.717) is 22.2 Å². The van der Waals surface area contributed by atoms with Crippen molar-refractivity contribution in [1.82, 2.24) is 4.98 Å². The van der Waals surface area contributed by atoms with Crippen LogP contribution >= 0.6 is 0 Å². The Labute approximate surface area is 208 Å². The lowest BCUT2D eigenvalue weighted by Gasteiger charge is -2.26. The van der Waals surface area contributed by atoms with Gasteiger partial charge in [0.05, 0.1) is 24.6 Å². The zero-order valence-corrected chi connectivity index (χ0v) is 19.4. The number of fused-ring (bicyclic) bond motifs is 4. The van der Waals surface area contributed by atoms with Crippen LogP contribution in [0.25, 0.3) is 33.2 Å². The normalized spacial score (nSPS) is 14.9. The Hall–Kier alpha value is -5.05. The number of esters is 1. The average molecular weight is 497 g/mol. The molecule has 0 saturated heterocycles. The first-order valence-corrected chi connectivity index (χ1v) is 11.4. The van der Waals surface area contributed by atoms with Gasteiger partial charge < -0.3 is 29.1 Å². The molecule has 184 valence electrons. The summed E-state index contributed by atoms with van der Waals surface area (Å²) in [4.78, 5) is 41.8. The molecule has 6 rings (SSSR count). The molecule has 1 aliphatic heterocycles. The Balaban J connectivity index is 1.67. The van der Waals surface area contributed by atoms with E-state index in [-0.39, 0.29) is 40.0 Å². The molecule has 3 N–H and O–H groups in total. The highest BCUT2D eigenvalue weighted by atomic mass is 16.5. The molecule has 37 heavy (non-hydrogen) atoms. The van der Waals surface area contributed by atoms with Crippen molar-refractivity contribution in [2.75, 3.05) is 7.11 Å². The standard InChI is InChI=1S/C28H19NO8/c1-35-15-8-7-14-9-17(28(34)29-18(14)10-15)16-11-21(31)37-27-22(16)26-23(24(32)25(27)33)19(30)12-20(36-26)13-5-3-2-4-6-13/h2-10,12,16,32-33H,11H2,1H3,(H,29,34). The quantitative estimate of drug-likeness (QED) is 0.192. The number of H-pyrrole nitrogens is 1. The smallest absolute Gasteiger partial charge is 0.312 e. The second-order valence-corrected chi connectivity index (χ2v) is 8.72. The van der Waals surface area contributed by atoms with Crippen molar-refractivity contribution >= 4 is 27.8 Å². The molecular formula is C28H19NO8. The third kappa shape index (κ3) is 3.51. The Kier molecular flexibility index (Phi) is 5.01. The third-order valence-electron chi connectivity index (χ3n) is 6.56. The first-order chi connectivity index (χ1) is 17.9. The summed E-state index contributed by atoms with van der Waals surface area (Å²) >= 11 is 0. The van der Waals surface area contributed by atoms with Crippen molar-refractivity contribution in [3.63, 3.8) is 0 Å². The molecule has 9 heteroatoms. The number of pyridine rings is 1. The molecular weight excluding hydrogens is 478 g/mol. The minimum atomic E-state index is -0.935. The number of carbonyl (C=O) groups is 1. The van der Waals surface area contributed by atoms with Crippen molar-refractivity contribution in [3.05, 3.63) is 92.4 Å². The summed E-state index contributed by atoms with van der Waals surface area (Å²) in [6.07, 6.45) is -0.254. The van der Waals surface area contributed by atoms with Crippen molar-refractivity contribution in [2.45, 2.75) is 12.3 Å². The molecule has 1 atom stereocenters. The van der Waals surface area contributed by atoms with Gasteiger partial charge in [0, 0.05) is 29.2 Å². The van der Waals surface area contributed by atoms with Gasteiger partial charge in [0.25, 0.3) is 5.56 Å². The fourth-order valence-electron chi connectivity index (χ4n) is 4.80. The topological polar surface area (TPSA) is 139 Å². The van der Waals surface area contributed by atoms with Crippen LogP contribution in [0.4, 0.5) is 0 Å². The second kappa shape index (κ2) is 8.27. The van der Waals surface area contributed by atoms with E-state index >= 15 is 0 Å². The zero-order chi connectivity index (χ0) is 25.8. The van der Waals surface area contributed by atoms with Crippen LogP contribution in [0.2, 0.25) is 0 Å². The van der Waals surface area contributed by atoms with Gasteiger partial charge in [0.1, 0.15) is 22.5 Å². The molecule has 0 spiro atoms. The highest BCUT2D eigenvalue weighted by Gasteiger charge is 2.38. The van der Waals surface area contributed by atoms with Crippen LogP contribution in [-0.2, 0) is 4.79 Å². The van der Waals surface area contributed by atoms with Gasteiger partial charge >= 0.3 is 5.97 Å². The lowest BCUT2D eigenvalue weighted by Crippen LogP contribution is -2.26. The van der Waals surface area contributed by atoms with Crippen LogP contribution < -0.4 is 20.5 Å². The van der Waals surface area contributed by atoms with Gasteiger partial charge in [-0.05, 0) is 23.6 Å². The molecule has 0 saturated carbocycles. The van der Waals surface area contributed by atoms with E-state index in [1.165, 1.54) is 13.2 Å². The number of ether oxygens (including phenoxy) is 2. The van der Waals surface area contributed by atoms with E-state index < -0.39 is 34.4 Å². The fourth-order valence-corrected chi connectivity index (χ4v) is 4.80. The number of carbonyl (C=O) groups excluding carboxylic acids is 1. The Bertz CT molecular complexity index is 1850. The van der Waals surface area contributed by atoms with E-state index in [2.05, 4.69) is 4.98 Å². The Morgan fingerprint density at radius 2 is 1.76 bits per heavy atom. The monoisotopic (exact) mass is 497 g/mol. The highest BCUT2D eigenvalue weighted by Crippen LogP contribution is 2.51. The maximum absolute atomic E-state index is 13.2. The molecule has 5 aromatic rings. The van der Waals surface area contributed by atoms with Crippen LogP contribution in [0.15, 0.2) is 74.7 Å². The molecule has 1 aliphatic rings. The van der Waals surface area contributed by atoms with Crippen LogP contribution in [-0.4, -0.2) is 28.3 Å². The van der Waals surface area contributed by atoms with Crippen LogP contribution in [0.1, 0.15) is 23.5 Å². The number of methoxy groups -OCH3 is 1. The number of hydrogen-bond acceptors (Lipinski definition) is 8. The second-order valence-electron chi connectivity index (χ2n) is 8.72. The van der Waals surface area contributed by atoms with Crippen molar-refractivity contribution in [3.8, 4) is 34.3 Å². The first-order valence-electron chi connectivity index (χ1n) is 11.4. The number of phenolic OH excluding ortho intramolecular Hbond substituents is 2. The first kappa shape index (κ1) is 22.4. The number of rotatable bonds is 3. The summed E-state index contributed by atoms with van der Waals surface area (Å²) in [5.41, 5.74) is 0.295. The lowest BCUT2D eigenvalue weighted by atomic mass is 9.84. The number of aromatic hydroxyl groups is 2. The highest BCUT2D eigenvalue weighted by molar-refractivity contribution is 5.96. The SMILES string of the molecule is COc1ccc2cc(C3CC(=O)Oc4c(O)c(O)c5c(=O)cc(-c6ccccc6)oc5c43)c(=O)[nH]c2c1. The van der Waals surface area contributed by atoms with Gasteiger partial charge in [-0.15, -0.1) is 0 Å². The number of phenols is 2. The molecule has 2 aromatic heterocycles. The summed E-state index contributed by atoms with van der Waals surface area (Å²) in [6, 6.07) is 16.9. The molecule has 3 heterocycles. The molecule has 0 radical (unpaired) electrons. The third-order valence-corrected chi connectivity index (χ3v) is 6.56. The molecule has 9 nitrogen and oxygen atoms in total. The minimum absolute atomic E-state index is 0.0802. The minimum Gasteiger partial charge on any atom is -0.504 e. The van der Waals surface area contributed by atoms with E-state index in [9.17, 15) is 24.6 Å². The van der Waals surface area contributed by atoms with Gasteiger partial charge in [0.15, 0.2) is 16.9 Å². The molecule has 0 fully saturated rings. The Morgan fingerprint density at radius 3 is 2.51 bits per heavy atom. The summed E-state index contributed by atoms with van der Waals surface area (Å²) in [7, 11) is 1.52. The summed E-state index contributed by atoms with van der Waals surface area (Å²) in [5, 5.41) is 21.8. The number of aromatic nitrogens is 1. The van der Waals surface area contributed by atoms with Gasteiger partial charge in [0.2, 0.25) is 5.75 Å². The molecule has 3 aromatic carbocycles. The van der Waals surface area contributed by atoms with Crippen molar-refractivity contribution in [1.29, 1.82) is 0 Å². The summed E-state index contributed by atoms with van der Waals surface area (Å²) in [6.45, 7) is 0. The number of nitrogens with one attached hydrogen (secondary N) is 1. The molecule has 0 bridgehead atoms.